The maximum atomic E-state index is 12.4. The highest BCUT2D eigenvalue weighted by Crippen LogP contribution is 2.29. The number of carbonyl (C=O) groups is 1. The zero-order valence-electron chi connectivity index (χ0n) is 16.2. The summed E-state index contributed by atoms with van der Waals surface area (Å²) in [4.78, 5) is 21.1. The summed E-state index contributed by atoms with van der Waals surface area (Å²) in [5, 5.41) is 0. The van der Waals surface area contributed by atoms with Gasteiger partial charge >= 0.3 is 0 Å². The van der Waals surface area contributed by atoms with Crippen LogP contribution in [0.15, 0.2) is 48.8 Å². The number of benzene rings is 1. The van der Waals surface area contributed by atoms with Crippen LogP contribution in [0, 0.1) is 5.92 Å². The molecule has 1 aromatic heterocycles. The fraction of sp³-hybridized carbons (Fsp3) is 0.478. The first-order valence-electron chi connectivity index (χ1n) is 10.2. The van der Waals surface area contributed by atoms with E-state index < -0.39 is 0 Å². The monoisotopic (exact) mass is 363 g/mol. The fourth-order valence-electron chi connectivity index (χ4n) is 4.65. The Bertz CT molecular complexity index is 753. The van der Waals surface area contributed by atoms with E-state index in [0.29, 0.717) is 17.9 Å². The molecule has 4 nitrogen and oxygen atoms in total. The van der Waals surface area contributed by atoms with Crippen LogP contribution in [0.3, 0.4) is 0 Å². The molecule has 0 spiro atoms. The van der Waals surface area contributed by atoms with Gasteiger partial charge in [0.2, 0.25) is 5.91 Å². The average molecular weight is 364 g/mol. The van der Waals surface area contributed by atoms with Crippen LogP contribution in [0.5, 0.6) is 0 Å². The van der Waals surface area contributed by atoms with Crippen LogP contribution < -0.4 is 0 Å². The van der Waals surface area contributed by atoms with E-state index in [4.69, 9.17) is 0 Å². The third-order valence-corrected chi connectivity index (χ3v) is 5.98. The molecule has 4 heteroatoms. The summed E-state index contributed by atoms with van der Waals surface area (Å²) in [5.41, 5.74) is 3.65. The molecule has 2 aromatic rings. The summed E-state index contributed by atoms with van der Waals surface area (Å²) in [6.07, 6.45) is 9.40. The van der Waals surface area contributed by atoms with Gasteiger partial charge in [0.1, 0.15) is 0 Å². The van der Waals surface area contributed by atoms with E-state index in [9.17, 15) is 4.79 Å². The van der Waals surface area contributed by atoms with Crippen molar-refractivity contribution in [1.29, 1.82) is 0 Å². The number of carbonyl (C=O) groups excluding carboxylic acids is 1. The molecule has 1 aromatic carbocycles. The van der Waals surface area contributed by atoms with Crippen molar-refractivity contribution in [3.8, 4) is 11.1 Å². The Labute approximate surface area is 162 Å². The van der Waals surface area contributed by atoms with Crippen molar-refractivity contribution in [3.63, 3.8) is 0 Å². The van der Waals surface area contributed by atoms with Gasteiger partial charge in [-0.3, -0.25) is 9.78 Å². The van der Waals surface area contributed by atoms with Crippen molar-refractivity contribution in [2.75, 3.05) is 20.1 Å². The summed E-state index contributed by atoms with van der Waals surface area (Å²) >= 11 is 0. The van der Waals surface area contributed by atoms with E-state index in [1.807, 2.05) is 12.3 Å². The highest BCUT2D eigenvalue weighted by molar-refractivity contribution is 5.79. The fourth-order valence-corrected chi connectivity index (χ4v) is 4.65. The lowest BCUT2D eigenvalue weighted by Crippen LogP contribution is -2.35. The molecule has 1 atom stereocenters. The molecular formula is C23H29N3O. The van der Waals surface area contributed by atoms with E-state index in [-0.39, 0.29) is 0 Å². The molecule has 0 bridgehead atoms. The van der Waals surface area contributed by atoms with E-state index in [1.54, 1.807) is 6.20 Å². The summed E-state index contributed by atoms with van der Waals surface area (Å²) in [6.45, 7) is 2.86. The molecule has 0 radical (unpaired) electrons. The second-order valence-corrected chi connectivity index (χ2v) is 8.19. The zero-order chi connectivity index (χ0) is 18.6. The minimum absolute atomic E-state index is 0.376. The SMILES string of the molecule is CN(Cc1ccc(-c2cccnc2)cc1)CC1CC(=O)N(C2CCCC2)C1. The van der Waals surface area contributed by atoms with Crippen molar-refractivity contribution < 1.29 is 4.79 Å². The van der Waals surface area contributed by atoms with Crippen molar-refractivity contribution in [2.24, 2.45) is 5.92 Å². The predicted molar refractivity (Wildman–Crippen MR) is 108 cm³/mol. The van der Waals surface area contributed by atoms with Crippen LogP contribution in [-0.2, 0) is 11.3 Å². The summed E-state index contributed by atoms with van der Waals surface area (Å²) in [6, 6.07) is 13.3. The van der Waals surface area contributed by atoms with E-state index in [2.05, 4.69) is 52.2 Å². The number of amides is 1. The van der Waals surface area contributed by atoms with Gasteiger partial charge in [-0.05, 0) is 48.6 Å². The van der Waals surface area contributed by atoms with Crippen molar-refractivity contribution >= 4 is 5.91 Å². The van der Waals surface area contributed by atoms with Crippen LogP contribution in [0.4, 0.5) is 0 Å². The first-order valence-corrected chi connectivity index (χ1v) is 10.2. The van der Waals surface area contributed by atoms with Crippen LogP contribution in [0.2, 0.25) is 0 Å². The summed E-state index contributed by atoms with van der Waals surface area (Å²) in [5.74, 6) is 0.846. The molecule has 1 aliphatic carbocycles. The van der Waals surface area contributed by atoms with Gasteiger partial charge in [0, 0.05) is 44.5 Å². The molecule has 2 heterocycles. The van der Waals surface area contributed by atoms with Crippen LogP contribution in [0.25, 0.3) is 11.1 Å². The molecule has 2 aliphatic rings. The first-order chi connectivity index (χ1) is 13.2. The molecule has 27 heavy (non-hydrogen) atoms. The number of nitrogens with zero attached hydrogens (tertiary/aromatic N) is 3. The second-order valence-electron chi connectivity index (χ2n) is 8.19. The Balaban J connectivity index is 1.30. The van der Waals surface area contributed by atoms with Crippen LogP contribution >= 0.6 is 0 Å². The van der Waals surface area contributed by atoms with Gasteiger partial charge in [-0.2, -0.15) is 0 Å². The average Bonchev–Trinajstić information content (AvgIpc) is 3.32. The quantitative estimate of drug-likeness (QED) is 0.779. The molecule has 1 saturated carbocycles. The molecule has 1 aliphatic heterocycles. The first kappa shape index (κ1) is 18.2. The molecular weight excluding hydrogens is 334 g/mol. The Morgan fingerprint density at radius 2 is 1.89 bits per heavy atom. The molecule has 1 amide bonds. The van der Waals surface area contributed by atoms with Gasteiger partial charge in [0.15, 0.2) is 0 Å². The number of aromatic nitrogens is 1. The Morgan fingerprint density at radius 1 is 1.11 bits per heavy atom. The normalized spacial score (nSPS) is 20.7. The third kappa shape index (κ3) is 4.38. The number of hydrogen-bond donors (Lipinski definition) is 0. The highest BCUT2D eigenvalue weighted by Gasteiger charge is 2.35. The van der Waals surface area contributed by atoms with Crippen molar-refractivity contribution in [1.82, 2.24) is 14.8 Å². The minimum Gasteiger partial charge on any atom is -0.339 e. The van der Waals surface area contributed by atoms with Crippen molar-refractivity contribution in [3.05, 3.63) is 54.4 Å². The molecule has 0 N–H and O–H groups in total. The number of rotatable bonds is 6. The number of pyridine rings is 1. The van der Waals surface area contributed by atoms with Gasteiger partial charge in [0.05, 0.1) is 0 Å². The zero-order valence-corrected chi connectivity index (χ0v) is 16.2. The minimum atomic E-state index is 0.376. The van der Waals surface area contributed by atoms with E-state index in [1.165, 1.54) is 36.8 Å². The summed E-state index contributed by atoms with van der Waals surface area (Å²) in [7, 11) is 2.16. The van der Waals surface area contributed by atoms with E-state index >= 15 is 0 Å². The Hall–Kier alpha value is -2.20. The van der Waals surface area contributed by atoms with Gasteiger partial charge in [-0.1, -0.05) is 43.2 Å². The number of hydrogen-bond acceptors (Lipinski definition) is 3. The lowest BCUT2D eigenvalue weighted by Gasteiger charge is -2.25. The molecule has 1 saturated heterocycles. The van der Waals surface area contributed by atoms with Crippen LogP contribution in [0.1, 0.15) is 37.7 Å². The van der Waals surface area contributed by atoms with Gasteiger partial charge < -0.3 is 9.80 Å². The summed E-state index contributed by atoms with van der Waals surface area (Å²) < 4.78 is 0. The smallest absolute Gasteiger partial charge is 0.223 e. The standard InChI is InChI=1S/C23H29N3O/c1-25(16-19-13-23(27)26(17-19)22-6-2-3-7-22)15-18-8-10-20(11-9-18)21-5-4-12-24-14-21/h4-5,8-12,14,19,22H,2-3,6-7,13,15-17H2,1H3. The molecule has 142 valence electrons. The predicted octanol–water partition coefficient (Wildman–Crippen LogP) is 3.97. The third-order valence-electron chi connectivity index (χ3n) is 5.98. The molecule has 4 rings (SSSR count). The molecule has 2 fully saturated rings. The molecule has 1 unspecified atom stereocenters. The number of likely N-dealkylation sites (tertiary alicyclic amines) is 1. The Kier molecular flexibility index (Phi) is 5.53. The maximum Gasteiger partial charge on any atom is 0.223 e. The van der Waals surface area contributed by atoms with Gasteiger partial charge in [-0.25, -0.2) is 0 Å². The second kappa shape index (κ2) is 8.22. The maximum absolute atomic E-state index is 12.4. The van der Waals surface area contributed by atoms with Crippen molar-refractivity contribution in [2.45, 2.75) is 44.7 Å². The van der Waals surface area contributed by atoms with Gasteiger partial charge in [-0.15, -0.1) is 0 Å². The highest BCUT2D eigenvalue weighted by atomic mass is 16.2. The van der Waals surface area contributed by atoms with Crippen LogP contribution in [-0.4, -0.2) is 46.9 Å². The largest absolute Gasteiger partial charge is 0.339 e. The lowest BCUT2D eigenvalue weighted by atomic mass is 10.0. The van der Waals surface area contributed by atoms with E-state index in [0.717, 1.165) is 31.6 Å². The van der Waals surface area contributed by atoms with Gasteiger partial charge in [0.25, 0.3) is 0 Å². The topological polar surface area (TPSA) is 36.4 Å². The Morgan fingerprint density at radius 3 is 2.59 bits per heavy atom. The lowest BCUT2D eigenvalue weighted by molar-refractivity contribution is -0.129.